The lowest BCUT2D eigenvalue weighted by Crippen LogP contribution is -1.89. The van der Waals surface area contributed by atoms with E-state index in [1.807, 2.05) is 17.5 Å². The van der Waals surface area contributed by atoms with Crippen LogP contribution in [0.3, 0.4) is 0 Å². The van der Waals surface area contributed by atoms with E-state index in [1.54, 1.807) is 11.3 Å². The van der Waals surface area contributed by atoms with Crippen molar-refractivity contribution in [3.8, 4) is 6.07 Å². The van der Waals surface area contributed by atoms with Gasteiger partial charge in [0.25, 0.3) is 0 Å². The van der Waals surface area contributed by atoms with Gasteiger partial charge in [-0.25, -0.2) is 0 Å². The molecule has 2 nitrogen and oxygen atoms in total. The third kappa shape index (κ3) is 1.41. The molecule has 1 heterocycles. The molecule has 14 heavy (non-hydrogen) atoms. The highest BCUT2D eigenvalue weighted by Gasteiger charge is 2.10. The average molecular weight is 315 g/mol. The van der Waals surface area contributed by atoms with Crippen LogP contribution in [0.2, 0.25) is 0 Å². The van der Waals surface area contributed by atoms with Crippen molar-refractivity contribution in [1.82, 2.24) is 0 Å². The second kappa shape index (κ2) is 3.85. The van der Waals surface area contributed by atoms with E-state index in [1.165, 1.54) is 0 Å². The first-order valence-electron chi connectivity index (χ1n) is 3.97. The maximum absolute atomic E-state index is 9.16. The predicted octanol–water partition coefficient (Wildman–Crippen LogP) is 2.87. The molecule has 0 fully saturated rings. The van der Waals surface area contributed by atoms with Gasteiger partial charge in [-0.3, -0.25) is 0 Å². The van der Waals surface area contributed by atoms with Gasteiger partial charge in [0.2, 0.25) is 0 Å². The summed E-state index contributed by atoms with van der Waals surface area (Å²) in [6.07, 6.45) is 0. The Balaban J connectivity index is 2.90. The Morgan fingerprint density at radius 3 is 3.00 bits per heavy atom. The van der Waals surface area contributed by atoms with E-state index in [9.17, 15) is 0 Å². The third-order valence-corrected chi connectivity index (χ3v) is 3.84. The zero-order chi connectivity index (χ0) is 10.1. The molecule has 4 heteroatoms. The molecule has 1 aromatic carbocycles. The van der Waals surface area contributed by atoms with Crippen LogP contribution in [0.1, 0.15) is 11.1 Å². The van der Waals surface area contributed by atoms with Crippen molar-refractivity contribution in [2.24, 2.45) is 0 Å². The van der Waals surface area contributed by atoms with Gasteiger partial charge in [-0.1, -0.05) is 0 Å². The van der Waals surface area contributed by atoms with Gasteiger partial charge in [-0.15, -0.1) is 11.3 Å². The van der Waals surface area contributed by atoms with Crippen molar-refractivity contribution in [1.29, 1.82) is 5.26 Å². The molecule has 0 bridgehead atoms. The van der Waals surface area contributed by atoms with Crippen LogP contribution in [-0.2, 0) is 6.61 Å². The van der Waals surface area contributed by atoms with Gasteiger partial charge in [0, 0.05) is 3.57 Å². The number of rotatable bonds is 1. The summed E-state index contributed by atoms with van der Waals surface area (Å²) in [4.78, 5) is 0. The van der Waals surface area contributed by atoms with E-state index in [0.717, 1.165) is 19.2 Å². The van der Waals surface area contributed by atoms with E-state index < -0.39 is 0 Å². The SMILES string of the molecule is N#Cc1c(I)cc(CO)c2ccsc12. The molecule has 0 saturated heterocycles. The quantitative estimate of drug-likeness (QED) is 0.823. The summed E-state index contributed by atoms with van der Waals surface area (Å²) < 4.78 is 1.88. The molecule has 2 aromatic rings. The van der Waals surface area contributed by atoms with Crippen LogP contribution >= 0.6 is 33.9 Å². The lowest BCUT2D eigenvalue weighted by atomic mass is 10.1. The second-order valence-corrected chi connectivity index (χ2v) is 4.90. The molecule has 0 amide bonds. The second-order valence-electron chi connectivity index (χ2n) is 2.83. The van der Waals surface area contributed by atoms with Gasteiger partial charge >= 0.3 is 0 Å². The zero-order valence-electron chi connectivity index (χ0n) is 7.12. The van der Waals surface area contributed by atoms with E-state index in [0.29, 0.717) is 5.56 Å². The molecular weight excluding hydrogens is 309 g/mol. The summed E-state index contributed by atoms with van der Waals surface area (Å²) in [6, 6.07) is 6.01. The largest absolute Gasteiger partial charge is 0.392 e. The fraction of sp³-hybridized carbons (Fsp3) is 0.100. The van der Waals surface area contributed by atoms with Crippen LogP contribution in [0.25, 0.3) is 10.1 Å². The van der Waals surface area contributed by atoms with E-state index in [-0.39, 0.29) is 6.61 Å². The number of aliphatic hydroxyl groups is 1. The normalized spacial score (nSPS) is 10.4. The summed E-state index contributed by atoms with van der Waals surface area (Å²) in [7, 11) is 0. The molecule has 0 unspecified atom stereocenters. The number of aliphatic hydroxyl groups excluding tert-OH is 1. The van der Waals surface area contributed by atoms with Crippen LogP contribution in [0.4, 0.5) is 0 Å². The first-order valence-corrected chi connectivity index (χ1v) is 5.93. The number of hydrogen-bond acceptors (Lipinski definition) is 3. The molecule has 70 valence electrons. The number of nitrogens with zero attached hydrogens (tertiary/aromatic N) is 1. The Morgan fingerprint density at radius 2 is 2.36 bits per heavy atom. The molecule has 1 N–H and O–H groups in total. The maximum Gasteiger partial charge on any atom is 0.102 e. The number of nitriles is 1. The van der Waals surface area contributed by atoms with Crippen molar-refractivity contribution >= 4 is 44.0 Å². The minimum absolute atomic E-state index is 0.0228. The lowest BCUT2D eigenvalue weighted by Gasteiger charge is -2.02. The smallest absolute Gasteiger partial charge is 0.102 e. The van der Waals surface area contributed by atoms with Gasteiger partial charge in [0.15, 0.2) is 0 Å². The maximum atomic E-state index is 9.16. The number of thiophene rings is 1. The summed E-state index contributed by atoms with van der Waals surface area (Å²) in [5.74, 6) is 0. The highest BCUT2D eigenvalue weighted by molar-refractivity contribution is 14.1. The van der Waals surface area contributed by atoms with E-state index >= 15 is 0 Å². The fourth-order valence-corrected chi connectivity index (χ4v) is 3.29. The third-order valence-electron chi connectivity index (χ3n) is 2.06. The number of halogens is 1. The summed E-state index contributed by atoms with van der Waals surface area (Å²) >= 11 is 3.67. The Labute approximate surface area is 98.9 Å². The first-order chi connectivity index (χ1) is 6.77. The highest BCUT2D eigenvalue weighted by atomic mass is 127. The molecule has 2 rings (SSSR count). The zero-order valence-corrected chi connectivity index (χ0v) is 10.1. The highest BCUT2D eigenvalue weighted by Crippen LogP contribution is 2.31. The minimum atomic E-state index is 0.0228. The number of benzene rings is 1. The van der Waals surface area contributed by atoms with Gasteiger partial charge in [-0.05, 0) is 51.1 Å². The molecule has 0 spiro atoms. The monoisotopic (exact) mass is 315 g/mol. The van der Waals surface area contributed by atoms with E-state index in [4.69, 9.17) is 10.4 Å². The summed E-state index contributed by atoms with van der Waals surface area (Å²) in [6.45, 7) is 0.0228. The summed E-state index contributed by atoms with van der Waals surface area (Å²) in [5, 5.41) is 21.1. The average Bonchev–Trinajstić information content (AvgIpc) is 2.65. The van der Waals surface area contributed by atoms with E-state index in [2.05, 4.69) is 28.7 Å². The Kier molecular flexibility index (Phi) is 2.72. The summed E-state index contributed by atoms with van der Waals surface area (Å²) in [5.41, 5.74) is 1.61. The van der Waals surface area contributed by atoms with Crippen molar-refractivity contribution in [2.45, 2.75) is 6.61 Å². The van der Waals surface area contributed by atoms with Gasteiger partial charge in [-0.2, -0.15) is 5.26 Å². The van der Waals surface area contributed by atoms with Crippen molar-refractivity contribution in [3.63, 3.8) is 0 Å². The molecular formula is C10H6INOS. The van der Waals surface area contributed by atoms with Crippen LogP contribution in [-0.4, -0.2) is 5.11 Å². The van der Waals surface area contributed by atoms with Gasteiger partial charge in [0.1, 0.15) is 6.07 Å². The van der Waals surface area contributed by atoms with Crippen LogP contribution in [0.15, 0.2) is 17.5 Å². The molecule has 0 radical (unpaired) electrons. The van der Waals surface area contributed by atoms with Crippen molar-refractivity contribution in [3.05, 3.63) is 32.2 Å². The molecule has 0 aliphatic rings. The Bertz CT molecular complexity index is 527. The Morgan fingerprint density at radius 1 is 1.57 bits per heavy atom. The fourth-order valence-electron chi connectivity index (χ4n) is 1.40. The predicted molar refractivity (Wildman–Crippen MR) is 65.2 cm³/mol. The number of fused-ring (bicyclic) bond motifs is 1. The van der Waals surface area contributed by atoms with Crippen LogP contribution in [0, 0.1) is 14.9 Å². The van der Waals surface area contributed by atoms with Crippen LogP contribution in [0.5, 0.6) is 0 Å². The molecule has 0 saturated carbocycles. The number of hydrogen-bond donors (Lipinski definition) is 1. The van der Waals surface area contributed by atoms with Gasteiger partial charge < -0.3 is 5.11 Å². The first kappa shape index (κ1) is 9.90. The standard InChI is InChI=1S/C10H6INOS/c11-9-3-6(5-13)7-1-2-14-10(7)8(9)4-12/h1-3,13H,5H2. The lowest BCUT2D eigenvalue weighted by molar-refractivity contribution is 0.283. The Hall–Kier alpha value is -0.640. The van der Waals surface area contributed by atoms with Crippen LogP contribution < -0.4 is 0 Å². The minimum Gasteiger partial charge on any atom is -0.392 e. The molecule has 0 aliphatic heterocycles. The van der Waals surface area contributed by atoms with Crippen molar-refractivity contribution in [2.75, 3.05) is 0 Å². The topological polar surface area (TPSA) is 44.0 Å². The van der Waals surface area contributed by atoms with Gasteiger partial charge in [0.05, 0.1) is 16.9 Å². The molecule has 0 aliphatic carbocycles. The molecule has 1 aromatic heterocycles. The molecule has 0 atom stereocenters. The van der Waals surface area contributed by atoms with Crippen molar-refractivity contribution < 1.29 is 5.11 Å².